The van der Waals surface area contributed by atoms with Crippen molar-refractivity contribution in [1.29, 1.82) is 0 Å². The molecule has 0 radical (unpaired) electrons. The Hall–Kier alpha value is -6.07. The van der Waals surface area contributed by atoms with Crippen molar-refractivity contribution in [1.82, 2.24) is 9.38 Å². The van der Waals surface area contributed by atoms with Crippen LogP contribution in [0, 0.1) is 0 Å². The molecule has 0 aliphatic rings. The minimum atomic E-state index is 1.02. The van der Waals surface area contributed by atoms with Crippen molar-refractivity contribution in [2.75, 3.05) is 0 Å². The van der Waals surface area contributed by atoms with E-state index >= 15 is 0 Å². The highest BCUT2D eigenvalue weighted by Gasteiger charge is 2.20. The Morgan fingerprint density at radius 1 is 0.392 bits per heavy atom. The molecule has 12 aromatic rings. The number of rotatable bonds is 2. The fourth-order valence-corrected chi connectivity index (χ4v) is 10.6. The van der Waals surface area contributed by atoms with Gasteiger partial charge < -0.3 is 0 Å². The first-order valence-corrected chi connectivity index (χ1v) is 18.9. The summed E-state index contributed by atoms with van der Waals surface area (Å²) in [6.45, 7) is 0. The molecule has 4 aromatic heterocycles. The molecule has 0 fully saturated rings. The molecule has 0 atom stereocenters. The molecule has 4 heteroatoms. The van der Waals surface area contributed by atoms with Gasteiger partial charge in [0.1, 0.15) is 0 Å². The third kappa shape index (κ3) is 3.94. The van der Waals surface area contributed by atoms with Crippen molar-refractivity contribution in [3.63, 3.8) is 0 Å². The van der Waals surface area contributed by atoms with Gasteiger partial charge in [-0.05, 0) is 86.1 Å². The van der Waals surface area contributed by atoms with Crippen molar-refractivity contribution >= 4 is 112 Å². The van der Waals surface area contributed by atoms with Crippen molar-refractivity contribution in [2.45, 2.75) is 0 Å². The number of benzene rings is 8. The SMILES string of the molecule is c1ccc2cc3c(ccc4c3nc3c5sc6c7ccccc7ccc6c5cc(-c5ccc(-c6ccc7sc8ccccc8c7c6)cc5)n43)cc2c1. The molecule has 8 aromatic carbocycles. The second-order valence-corrected chi connectivity index (χ2v) is 15.7. The van der Waals surface area contributed by atoms with Crippen LogP contribution in [-0.4, -0.2) is 9.38 Å². The van der Waals surface area contributed by atoms with E-state index in [1.54, 1.807) is 0 Å². The zero-order valence-electron chi connectivity index (χ0n) is 27.2. The maximum Gasteiger partial charge on any atom is 0.156 e. The van der Waals surface area contributed by atoms with Gasteiger partial charge in [-0.2, -0.15) is 0 Å². The van der Waals surface area contributed by atoms with E-state index in [4.69, 9.17) is 4.98 Å². The van der Waals surface area contributed by atoms with Crippen LogP contribution < -0.4 is 0 Å². The molecule has 0 bridgehead atoms. The Kier molecular flexibility index (Phi) is 5.56. The smallest absolute Gasteiger partial charge is 0.156 e. The van der Waals surface area contributed by atoms with E-state index in [1.165, 1.54) is 89.4 Å². The molecular formula is C47H26N2S2. The fourth-order valence-electron chi connectivity index (χ4n) is 8.26. The fraction of sp³-hybridized carbons (Fsp3) is 0. The zero-order valence-corrected chi connectivity index (χ0v) is 28.9. The summed E-state index contributed by atoms with van der Waals surface area (Å²) in [4.78, 5) is 5.53. The predicted octanol–water partition coefficient (Wildman–Crippen LogP) is 14.0. The summed E-state index contributed by atoms with van der Waals surface area (Å²) in [5.41, 5.74) is 7.97. The van der Waals surface area contributed by atoms with E-state index < -0.39 is 0 Å². The van der Waals surface area contributed by atoms with Gasteiger partial charge in [-0.15, -0.1) is 22.7 Å². The summed E-state index contributed by atoms with van der Waals surface area (Å²) in [7, 11) is 0. The molecule has 51 heavy (non-hydrogen) atoms. The first-order chi connectivity index (χ1) is 25.2. The summed E-state index contributed by atoms with van der Waals surface area (Å²) < 4.78 is 7.61. The van der Waals surface area contributed by atoms with Gasteiger partial charge in [0.2, 0.25) is 0 Å². The minimum Gasteiger partial charge on any atom is -0.291 e. The van der Waals surface area contributed by atoms with Gasteiger partial charge in [-0.25, -0.2) is 4.98 Å². The third-order valence-corrected chi connectivity index (χ3v) is 13.1. The summed E-state index contributed by atoms with van der Waals surface area (Å²) >= 11 is 3.73. The van der Waals surface area contributed by atoms with Crippen molar-refractivity contribution in [3.8, 4) is 22.4 Å². The maximum absolute atomic E-state index is 5.53. The Morgan fingerprint density at radius 2 is 1.10 bits per heavy atom. The Morgan fingerprint density at radius 3 is 1.98 bits per heavy atom. The molecule has 0 saturated heterocycles. The van der Waals surface area contributed by atoms with E-state index in [0.717, 1.165) is 22.4 Å². The van der Waals surface area contributed by atoms with Crippen molar-refractivity contribution in [3.05, 3.63) is 158 Å². The normalized spacial score (nSPS) is 12.3. The first-order valence-electron chi connectivity index (χ1n) is 17.3. The number of hydrogen-bond donors (Lipinski definition) is 0. The molecule has 0 amide bonds. The highest BCUT2D eigenvalue weighted by molar-refractivity contribution is 7.27. The van der Waals surface area contributed by atoms with Gasteiger partial charge >= 0.3 is 0 Å². The summed E-state index contributed by atoms with van der Waals surface area (Å²) in [5.74, 6) is 0. The van der Waals surface area contributed by atoms with E-state index in [2.05, 4.69) is 162 Å². The van der Waals surface area contributed by atoms with E-state index in [9.17, 15) is 0 Å². The second kappa shape index (κ2) is 10.2. The number of thiophene rings is 2. The van der Waals surface area contributed by atoms with Crippen molar-refractivity contribution < 1.29 is 0 Å². The Labute approximate surface area is 300 Å². The van der Waals surface area contributed by atoms with E-state index in [0.29, 0.717) is 0 Å². The van der Waals surface area contributed by atoms with Crippen LogP contribution in [0.4, 0.5) is 0 Å². The number of imidazole rings is 1. The van der Waals surface area contributed by atoms with Crippen LogP contribution in [0.3, 0.4) is 0 Å². The Balaban J connectivity index is 1.13. The molecule has 0 aliphatic heterocycles. The number of fused-ring (bicyclic) bond motifs is 15. The second-order valence-electron chi connectivity index (χ2n) is 13.5. The molecule has 4 heterocycles. The molecule has 0 N–H and O–H groups in total. The number of hydrogen-bond acceptors (Lipinski definition) is 3. The molecule has 0 unspecified atom stereocenters. The first kappa shape index (κ1) is 27.7. The molecule has 0 spiro atoms. The van der Waals surface area contributed by atoms with E-state index in [-0.39, 0.29) is 0 Å². The molecular weight excluding hydrogens is 657 g/mol. The number of aromatic nitrogens is 2. The van der Waals surface area contributed by atoms with Crippen LogP contribution in [0.1, 0.15) is 0 Å². The lowest BCUT2D eigenvalue weighted by Crippen LogP contribution is -1.93. The lowest BCUT2D eigenvalue weighted by Gasteiger charge is -2.10. The van der Waals surface area contributed by atoms with Gasteiger partial charge in [0.15, 0.2) is 5.65 Å². The molecule has 0 saturated carbocycles. The average molecular weight is 683 g/mol. The quantitative estimate of drug-likeness (QED) is 0.166. The van der Waals surface area contributed by atoms with Gasteiger partial charge in [-0.3, -0.25) is 4.40 Å². The highest BCUT2D eigenvalue weighted by atomic mass is 32.1. The van der Waals surface area contributed by atoms with Crippen LogP contribution in [0.15, 0.2) is 158 Å². The molecule has 0 aliphatic carbocycles. The van der Waals surface area contributed by atoms with Crippen LogP contribution in [-0.2, 0) is 0 Å². The summed E-state index contributed by atoms with van der Waals surface area (Å²) in [6, 6.07) is 58.2. The predicted molar refractivity (Wildman–Crippen MR) is 222 cm³/mol. The summed E-state index contributed by atoms with van der Waals surface area (Å²) in [5, 5.41) is 12.6. The zero-order chi connectivity index (χ0) is 33.2. The molecule has 12 rings (SSSR count). The lowest BCUT2D eigenvalue weighted by molar-refractivity contribution is 1.25. The highest BCUT2D eigenvalue weighted by Crippen LogP contribution is 2.44. The van der Waals surface area contributed by atoms with Gasteiger partial charge in [0.05, 0.1) is 21.4 Å². The van der Waals surface area contributed by atoms with E-state index in [1.807, 2.05) is 22.7 Å². The minimum absolute atomic E-state index is 1.02. The monoisotopic (exact) mass is 682 g/mol. The van der Waals surface area contributed by atoms with Gasteiger partial charge in [0, 0.05) is 41.0 Å². The summed E-state index contributed by atoms with van der Waals surface area (Å²) in [6.07, 6.45) is 0. The van der Waals surface area contributed by atoms with Crippen molar-refractivity contribution in [2.24, 2.45) is 0 Å². The molecule has 236 valence electrons. The van der Waals surface area contributed by atoms with Gasteiger partial charge in [-0.1, -0.05) is 115 Å². The van der Waals surface area contributed by atoms with Crippen LogP contribution >= 0.6 is 22.7 Å². The number of pyridine rings is 1. The average Bonchev–Trinajstić information content (AvgIpc) is 3.88. The standard InChI is InChI=1S/C47H26N2S2/c1-2-9-31-24-37-33(23-30(31)8-1)18-21-40-44(37)48-47-46-39(36-20-17-28-7-3-4-10-34(28)45(36)51-46)26-41(49(40)47)29-15-13-27(14-16-29)32-19-22-43-38(25-32)35-11-5-6-12-42(35)50-43/h1-26H. The lowest BCUT2D eigenvalue weighted by atomic mass is 10.00. The topological polar surface area (TPSA) is 17.3 Å². The van der Waals surface area contributed by atoms with Gasteiger partial charge in [0.25, 0.3) is 0 Å². The maximum atomic E-state index is 5.53. The van der Waals surface area contributed by atoms with Crippen LogP contribution in [0.2, 0.25) is 0 Å². The Bertz CT molecular complexity index is 3420. The largest absolute Gasteiger partial charge is 0.291 e. The third-order valence-electron chi connectivity index (χ3n) is 10.7. The molecule has 2 nitrogen and oxygen atoms in total. The van der Waals surface area contributed by atoms with Crippen LogP contribution in [0.25, 0.3) is 112 Å². The number of nitrogens with zero attached hydrogens (tertiary/aromatic N) is 2. The van der Waals surface area contributed by atoms with Crippen LogP contribution in [0.5, 0.6) is 0 Å².